The molecule has 1 nitrogen and oxygen atoms in total. The van der Waals surface area contributed by atoms with Gasteiger partial charge in [0.2, 0.25) is 0 Å². The molecule has 3 rings (SSSR count). The molecule has 0 aliphatic heterocycles. The second-order valence-corrected chi connectivity index (χ2v) is 5.08. The summed E-state index contributed by atoms with van der Waals surface area (Å²) in [7, 11) is 0. The largest absolute Gasteiger partial charge is 0.257 e. The van der Waals surface area contributed by atoms with E-state index < -0.39 is 0 Å². The first-order valence-corrected chi connectivity index (χ1v) is 7.07. The molecule has 1 aromatic heterocycles. The topological polar surface area (TPSA) is 12.9 Å². The third kappa shape index (κ3) is 3.46. The minimum Gasteiger partial charge on any atom is -0.257 e. The Balaban J connectivity index is 1.79. The van der Waals surface area contributed by atoms with Crippen molar-refractivity contribution in [3.8, 4) is 11.1 Å². The fourth-order valence-electron chi connectivity index (χ4n) is 2.25. The fourth-order valence-corrected chi connectivity index (χ4v) is 2.25. The Morgan fingerprint density at radius 1 is 0.762 bits per heavy atom. The standard InChI is InChI=1S/C20H17N/c1-16-13-14-21-20(15-16)12-9-17-7-10-19(11-8-17)18-5-3-2-4-6-18/h2-15H,1H3. The third-order valence-corrected chi connectivity index (χ3v) is 3.40. The molecule has 2 aromatic carbocycles. The van der Waals surface area contributed by atoms with Crippen LogP contribution in [0.1, 0.15) is 16.8 Å². The van der Waals surface area contributed by atoms with Gasteiger partial charge in [0.25, 0.3) is 0 Å². The third-order valence-electron chi connectivity index (χ3n) is 3.40. The normalized spacial score (nSPS) is 10.9. The van der Waals surface area contributed by atoms with Crippen molar-refractivity contribution in [3.05, 3.63) is 89.7 Å². The highest BCUT2D eigenvalue weighted by molar-refractivity contribution is 5.71. The lowest BCUT2D eigenvalue weighted by Gasteiger charge is -2.02. The van der Waals surface area contributed by atoms with Crippen molar-refractivity contribution in [1.29, 1.82) is 0 Å². The van der Waals surface area contributed by atoms with Gasteiger partial charge in [-0.05, 0) is 47.4 Å². The molecule has 1 heterocycles. The van der Waals surface area contributed by atoms with Gasteiger partial charge in [0, 0.05) is 6.20 Å². The van der Waals surface area contributed by atoms with E-state index in [0.29, 0.717) is 0 Å². The van der Waals surface area contributed by atoms with Crippen LogP contribution >= 0.6 is 0 Å². The molecule has 3 aromatic rings. The van der Waals surface area contributed by atoms with Crippen molar-refractivity contribution in [2.24, 2.45) is 0 Å². The highest BCUT2D eigenvalue weighted by Crippen LogP contribution is 2.20. The average Bonchev–Trinajstić information content (AvgIpc) is 2.54. The van der Waals surface area contributed by atoms with Gasteiger partial charge in [0.05, 0.1) is 5.69 Å². The monoisotopic (exact) mass is 271 g/mol. The number of pyridine rings is 1. The minimum absolute atomic E-state index is 0.988. The maximum atomic E-state index is 4.33. The minimum atomic E-state index is 0.988. The van der Waals surface area contributed by atoms with E-state index in [-0.39, 0.29) is 0 Å². The summed E-state index contributed by atoms with van der Waals surface area (Å²) >= 11 is 0. The van der Waals surface area contributed by atoms with Crippen molar-refractivity contribution in [3.63, 3.8) is 0 Å². The zero-order valence-corrected chi connectivity index (χ0v) is 12.0. The molecule has 0 fully saturated rings. The molecular weight excluding hydrogens is 254 g/mol. The number of hydrogen-bond donors (Lipinski definition) is 0. The quantitative estimate of drug-likeness (QED) is 0.636. The molecule has 0 saturated carbocycles. The summed E-state index contributed by atoms with van der Waals surface area (Å²) in [6, 6.07) is 23.1. The molecule has 0 radical (unpaired) electrons. The van der Waals surface area contributed by atoms with E-state index in [4.69, 9.17) is 0 Å². The predicted octanol–water partition coefficient (Wildman–Crippen LogP) is 5.23. The van der Waals surface area contributed by atoms with Gasteiger partial charge in [-0.2, -0.15) is 0 Å². The SMILES string of the molecule is Cc1ccnc(C=Cc2ccc(-c3ccccc3)cc2)c1. The molecule has 0 aliphatic rings. The molecule has 0 unspecified atom stereocenters. The van der Waals surface area contributed by atoms with Crippen molar-refractivity contribution in [2.45, 2.75) is 6.92 Å². The molecule has 0 aliphatic carbocycles. The van der Waals surface area contributed by atoms with Crippen molar-refractivity contribution < 1.29 is 0 Å². The Bertz CT molecular complexity index is 740. The molecule has 0 atom stereocenters. The van der Waals surface area contributed by atoms with Crippen molar-refractivity contribution in [1.82, 2.24) is 4.98 Å². The van der Waals surface area contributed by atoms with Crippen molar-refractivity contribution >= 4 is 12.2 Å². The molecule has 0 N–H and O–H groups in total. The summed E-state index contributed by atoms with van der Waals surface area (Å²) in [6.07, 6.45) is 5.98. The molecule has 0 spiro atoms. The second-order valence-electron chi connectivity index (χ2n) is 5.08. The Morgan fingerprint density at radius 3 is 2.19 bits per heavy atom. The van der Waals surface area contributed by atoms with Gasteiger partial charge in [0.1, 0.15) is 0 Å². The van der Waals surface area contributed by atoms with Crippen LogP contribution in [0.15, 0.2) is 72.9 Å². The van der Waals surface area contributed by atoms with Gasteiger partial charge in [-0.1, -0.05) is 60.7 Å². The summed E-state index contributed by atoms with van der Waals surface area (Å²) in [5.41, 5.74) is 5.87. The van der Waals surface area contributed by atoms with Gasteiger partial charge in [-0.25, -0.2) is 0 Å². The van der Waals surface area contributed by atoms with E-state index in [0.717, 1.165) is 5.69 Å². The predicted molar refractivity (Wildman–Crippen MR) is 89.8 cm³/mol. The van der Waals surface area contributed by atoms with Crippen LogP contribution < -0.4 is 0 Å². The van der Waals surface area contributed by atoms with E-state index in [2.05, 4.69) is 72.6 Å². The average molecular weight is 271 g/mol. The van der Waals surface area contributed by atoms with Crippen LogP contribution in [-0.4, -0.2) is 4.98 Å². The van der Waals surface area contributed by atoms with Crippen molar-refractivity contribution in [2.75, 3.05) is 0 Å². The molecule has 0 bridgehead atoms. The highest BCUT2D eigenvalue weighted by Gasteiger charge is 1.96. The smallest absolute Gasteiger partial charge is 0.0632 e. The molecule has 0 amide bonds. The summed E-state index contributed by atoms with van der Waals surface area (Å²) in [4.78, 5) is 4.33. The Kier molecular flexibility index (Phi) is 3.92. The van der Waals surface area contributed by atoms with Crippen LogP contribution in [0.3, 0.4) is 0 Å². The lowest BCUT2D eigenvalue weighted by molar-refractivity contribution is 1.26. The summed E-state index contributed by atoms with van der Waals surface area (Å²) in [5.74, 6) is 0. The summed E-state index contributed by atoms with van der Waals surface area (Å²) in [5, 5.41) is 0. The Labute approximate surface area is 125 Å². The van der Waals surface area contributed by atoms with Crippen LogP contribution in [0.25, 0.3) is 23.3 Å². The molecule has 0 saturated heterocycles. The molecular formula is C20H17N. The van der Waals surface area contributed by atoms with Gasteiger partial charge in [-0.15, -0.1) is 0 Å². The number of benzene rings is 2. The number of aromatic nitrogens is 1. The maximum absolute atomic E-state index is 4.33. The summed E-state index contributed by atoms with van der Waals surface area (Å²) < 4.78 is 0. The van der Waals surface area contributed by atoms with Crippen LogP contribution in [0.2, 0.25) is 0 Å². The first kappa shape index (κ1) is 13.3. The van der Waals surface area contributed by atoms with Crippen LogP contribution in [-0.2, 0) is 0 Å². The van der Waals surface area contributed by atoms with Crippen LogP contribution in [0.4, 0.5) is 0 Å². The molecule has 102 valence electrons. The number of nitrogens with zero attached hydrogens (tertiary/aromatic N) is 1. The van der Waals surface area contributed by atoms with E-state index in [1.165, 1.54) is 22.3 Å². The summed E-state index contributed by atoms with van der Waals surface area (Å²) in [6.45, 7) is 2.08. The highest BCUT2D eigenvalue weighted by atomic mass is 14.6. The zero-order chi connectivity index (χ0) is 14.5. The van der Waals surface area contributed by atoms with Crippen LogP contribution in [0, 0.1) is 6.92 Å². The van der Waals surface area contributed by atoms with E-state index >= 15 is 0 Å². The van der Waals surface area contributed by atoms with Gasteiger partial charge < -0.3 is 0 Å². The lowest BCUT2D eigenvalue weighted by atomic mass is 10.0. The van der Waals surface area contributed by atoms with Gasteiger partial charge in [-0.3, -0.25) is 4.98 Å². The Hall–Kier alpha value is -2.67. The van der Waals surface area contributed by atoms with E-state index in [1.807, 2.05) is 24.4 Å². The second kappa shape index (κ2) is 6.19. The first-order valence-electron chi connectivity index (χ1n) is 7.07. The maximum Gasteiger partial charge on any atom is 0.0632 e. The van der Waals surface area contributed by atoms with Crippen LogP contribution in [0.5, 0.6) is 0 Å². The van der Waals surface area contributed by atoms with E-state index in [1.54, 1.807) is 0 Å². The molecule has 21 heavy (non-hydrogen) atoms. The fraction of sp³-hybridized carbons (Fsp3) is 0.0500. The number of hydrogen-bond acceptors (Lipinski definition) is 1. The number of aryl methyl sites for hydroxylation is 1. The number of rotatable bonds is 3. The molecule has 1 heteroatoms. The first-order chi connectivity index (χ1) is 10.3. The van der Waals surface area contributed by atoms with Gasteiger partial charge >= 0.3 is 0 Å². The van der Waals surface area contributed by atoms with Gasteiger partial charge in [0.15, 0.2) is 0 Å². The zero-order valence-electron chi connectivity index (χ0n) is 12.0. The van der Waals surface area contributed by atoms with E-state index in [9.17, 15) is 0 Å². The lowest BCUT2D eigenvalue weighted by Crippen LogP contribution is -1.81. The Morgan fingerprint density at radius 2 is 1.48 bits per heavy atom.